The number of rotatable bonds is 1. The first kappa shape index (κ1) is 7.53. The standard InChI is InChI=1S/C9H11BrO/c1-6-7-2-3-8(4-7)9(6,10)5-11/h2-3,5-8H,4H2,1H3/t6?,7-,8+,9-/m1/s1. The van der Waals surface area contributed by atoms with E-state index in [1.165, 1.54) is 0 Å². The molecule has 4 atom stereocenters. The second-order valence-corrected chi connectivity index (χ2v) is 5.00. The van der Waals surface area contributed by atoms with Gasteiger partial charge in [0.2, 0.25) is 0 Å². The van der Waals surface area contributed by atoms with E-state index in [1.807, 2.05) is 0 Å². The molecule has 0 spiro atoms. The molecule has 0 amide bonds. The fraction of sp³-hybridized carbons (Fsp3) is 0.667. The molecular weight excluding hydrogens is 204 g/mol. The number of halogens is 1. The fourth-order valence-electron chi connectivity index (χ4n) is 2.29. The number of hydrogen-bond acceptors (Lipinski definition) is 1. The molecule has 2 heteroatoms. The summed E-state index contributed by atoms with van der Waals surface area (Å²) in [6.07, 6.45) is 6.66. The van der Waals surface area contributed by atoms with E-state index in [9.17, 15) is 4.79 Å². The zero-order valence-electron chi connectivity index (χ0n) is 6.46. The van der Waals surface area contributed by atoms with Gasteiger partial charge in [-0.3, -0.25) is 0 Å². The lowest BCUT2D eigenvalue weighted by Crippen LogP contribution is -2.35. The molecule has 0 heterocycles. The third-order valence-electron chi connectivity index (χ3n) is 3.21. The number of allylic oxidation sites excluding steroid dienone is 2. The van der Waals surface area contributed by atoms with E-state index < -0.39 is 0 Å². The molecular formula is C9H11BrO. The Morgan fingerprint density at radius 1 is 1.64 bits per heavy atom. The van der Waals surface area contributed by atoms with Gasteiger partial charge in [0.15, 0.2) is 0 Å². The van der Waals surface area contributed by atoms with Crippen molar-refractivity contribution in [3.63, 3.8) is 0 Å². The van der Waals surface area contributed by atoms with Crippen LogP contribution in [-0.2, 0) is 4.79 Å². The molecule has 1 nitrogen and oxygen atoms in total. The average molecular weight is 215 g/mol. The van der Waals surface area contributed by atoms with Gasteiger partial charge in [0, 0.05) is 0 Å². The zero-order chi connectivity index (χ0) is 8.06. The third-order valence-corrected chi connectivity index (χ3v) is 4.70. The van der Waals surface area contributed by atoms with Gasteiger partial charge in [0.25, 0.3) is 0 Å². The third kappa shape index (κ3) is 0.792. The van der Waals surface area contributed by atoms with E-state index in [4.69, 9.17) is 0 Å². The molecule has 0 aliphatic heterocycles. The molecule has 0 N–H and O–H groups in total. The lowest BCUT2D eigenvalue weighted by atomic mass is 9.85. The molecule has 0 radical (unpaired) electrons. The molecule has 0 aromatic heterocycles. The van der Waals surface area contributed by atoms with Crippen LogP contribution in [0.3, 0.4) is 0 Å². The molecule has 2 aliphatic rings. The summed E-state index contributed by atoms with van der Waals surface area (Å²) in [6.45, 7) is 2.15. The predicted molar refractivity (Wildman–Crippen MR) is 47.6 cm³/mol. The maximum atomic E-state index is 10.8. The van der Waals surface area contributed by atoms with Gasteiger partial charge >= 0.3 is 0 Å². The van der Waals surface area contributed by atoms with Crippen molar-refractivity contribution in [3.8, 4) is 0 Å². The summed E-state index contributed by atoms with van der Waals surface area (Å²) in [5.41, 5.74) is 0. The minimum absolute atomic E-state index is 0.244. The molecule has 0 aromatic rings. The highest BCUT2D eigenvalue weighted by Crippen LogP contribution is 2.53. The van der Waals surface area contributed by atoms with Crippen LogP contribution in [0.15, 0.2) is 12.2 Å². The van der Waals surface area contributed by atoms with Crippen molar-refractivity contribution < 1.29 is 4.79 Å². The summed E-state index contributed by atoms with van der Waals surface area (Å²) in [5, 5.41) is 0. The van der Waals surface area contributed by atoms with Crippen LogP contribution in [-0.4, -0.2) is 10.6 Å². The van der Waals surface area contributed by atoms with Gasteiger partial charge < -0.3 is 4.79 Å². The minimum atomic E-state index is -0.244. The molecule has 0 aromatic carbocycles. The van der Waals surface area contributed by atoms with Crippen molar-refractivity contribution in [3.05, 3.63) is 12.2 Å². The number of alkyl halides is 1. The summed E-state index contributed by atoms with van der Waals surface area (Å²) in [4.78, 5) is 10.8. The molecule has 1 unspecified atom stereocenters. The molecule has 2 rings (SSSR count). The van der Waals surface area contributed by atoms with E-state index in [0.717, 1.165) is 12.7 Å². The predicted octanol–water partition coefficient (Wildman–Crippen LogP) is 2.16. The SMILES string of the molecule is CC1[C@@H]2C=C[C@@H](C2)[C@@]1(Br)C=O. The monoisotopic (exact) mass is 214 g/mol. The van der Waals surface area contributed by atoms with Crippen molar-refractivity contribution in [2.45, 2.75) is 17.7 Å². The van der Waals surface area contributed by atoms with Gasteiger partial charge in [-0.25, -0.2) is 0 Å². The van der Waals surface area contributed by atoms with Crippen LogP contribution in [0.25, 0.3) is 0 Å². The van der Waals surface area contributed by atoms with Gasteiger partial charge in [-0.05, 0) is 24.2 Å². The Kier molecular flexibility index (Phi) is 1.50. The lowest BCUT2D eigenvalue weighted by Gasteiger charge is -2.28. The summed E-state index contributed by atoms with van der Waals surface area (Å²) in [7, 11) is 0. The van der Waals surface area contributed by atoms with Gasteiger partial charge in [-0.1, -0.05) is 35.0 Å². The highest BCUT2D eigenvalue weighted by atomic mass is 79.9. The Hall–Kier alpha value is -0.110. The highest BCUT2D eigenvalue weighted by Gasteiger charge is 2.52. The van der Waals surface area contributed by atoms with Crippen molar-refractivity contribution in [2.24, 2.45) is 17.8 Å². The topological polar surface area (TPSA) is 17.1 Å². The van der Waals surface area contributed by atoms with Crippen molar-refractivity contribution >= 4 is 22.2 Å². The first-order valence-electron chi connectivity index (χ1n) is 4.02. The Balaban J connectivity index is 2.38. The molecule has 60 valence electrons. The number of carbonyl (C=O) groups excluding carboxylic acids is 1. The van der Waals surface area contributed by atoms with Gasteiger partial charge in [-0.2, -0.15) is 0 Å². The van der Waals surface area contributed by atoms with Crippen LogP contribution in [0.4, 0.5) is 0 Å². The molecule has 1 saturated carbocycles. The van der Waals surface area contributed by atoms with Crippen LogP contribution in [0.2, 0.25) is 0 Å². The summed E-state index contributed by atoms with van der Waals surface area (Å²) in [6, 6.07) is 0. The molecule has 2 aliphatic carbocycles. The largest absolute Gasteiger partial charge is 0.302 e. The van der Waals surface area contributed by atoms with E-state index >= 15 is 0 Å². The number of carbonyl (C=O) groups is 1. The van der Waals surface area contributed by atoms with Crippen molar-refractivity contribution in [1.29, 1.82) is 0 Å². The maximum Gasteiger partial charge on any atom is 0.137 e. The fourth-order valence-corrected chi connectivity index (χ4v) is 2.97. The highest BCUT2D eigenvalue weighted by molar-refractivity contribution is 9.10. The summed E-state index contributed by atoms with van der Waals surface area (Å²) in [5.74, 6) is 1.54. The lowest BCUT2D eigenvalue weighted by molar-refractivity contribution is -0.111. The number of hydrogen-bond donors (Lipinski definition) is 0. The Morgan fingerprint density at radius 2 is 2.36 bits per heavy atom. The summed E-state index contributed by atoms with van der Waals surface area (Å²) >= 11 is 3.55. The van der Waals surface area contributed by atoms with Crippen LogP contribution < -0.4 is 0 Å². The molecule has 0 saturated heterocycles. The van der Waals surface area contributed by atoms with Crippen LogP contribution in [0.5, 0.6) is 0 Å². The first-order valence-corrected chi connectivity index (χ1v) is 4.81. The van der Waals surface area contributed by atoms with Crippen LogP contribution in [0, 0.1) is 17.8 Å². The second-order valence-electron chi connectivity index (χ2n) is 3.62. The van der Waals surface area contributed by atoms with Crippen LogP contribution >= 0.6 is 15.9 Å². The summed E-state index contributed by atoms with van der Waals surface area (Å²) < 4.78 is -0.244. The first-order chi connectivity index (χ1) is 5.18. The Bertz CT molecular complexity index is 224. The van der Waals surface area contributed by atoms with Crippen molar-refractivity contribution in [1.82, 2.24) is 0 Å². The normalized spacial score (nSPS) is 53.5. The Morgan fingerprint density at radius 3 is 2.73 bits per heavy atom. The number of fused-ring (bicyclic) bond motifs is 2. The average Bonchev–Trinajstić information content (AvgIpc) is 2.56. The molecule has 11 heavy (non-hydrogen) atoms. The van der Waals surface area contributed by atoms with E-state index in [0.29, 0.717) is 17.8 Å². The van der Waals surface area contributed by atoms with Gasteiger partial charge in [-0.15, -0.1) is 0 Å². The maximum absolute atomic E-state index is 10.8. The van der Waals surface area contributed by atoms with Crippen LogP contribution in [0.1, 0.15) is 13.3 Å². The van der Waals surface area contributed by atoms with Crippen molar-refractivity contribution in [2.75, 3.05) is 0 Å². The molecule has 2 bridgehead atoms. The van der Waals surface area contributed by atoms with E-state index in [-0.39, 0.29) is 4.32 Å². The number of aldehydes is 1. The second kappa shape index (κ2) is 2.19. The van der Waals surface area contributed by atoms with Gasteiger partial charge in [0.05, 0.1) is 4.32 Å². The van der Waals surface area contributed by atoms with E-state index in [1.54, 1.807) is 0 Å². The van der Waals surface area contributed by atoms with Gasteiger partial charge in [0.1, 0.15) is 6.29 Å². The van der Waals surface area contributed by atoms with E-state index in [2.05, 4.69) is 35.0 Å². The quantitative estimate of drug-likeness (QED) is 0.372. The molecule has 1 fully saturated rings. The minimum Gasteiger partial charge on any atom is -0.302 e. The zero-order valence-corrected chi connectivity index (χ0v) is 8.04. The smallest absolute Gasteiger partial charge is 0.137 e. The Labute approximate surface area is 75.0 Å².